The van der Waals surface area contributed by atoms with Crippen LogP contribution in [0.15, 0.2) is 54.1 Å². The Balaban J connectivity index is 3.11. The fraction of sp³-hybridized carbons (Fsp3) is 0.200. The zero-order chi connectivity index (χ0) is 14.3. The van der Waals surface area contributed by atoms with Crippen LogP contribution in [0, 0.1) is 0 Å². The topological polar surface area (TPSA) is 74.6 Å². The normalized spacial score (nSPS) is 11.6. The highest BCUT2D eigenvalue weighted by atomic mass is 16.4. The fourth-order valence-electron chi connectivity index (χ4n) is 1.74. The van der Waals surface area contributed by atoms with Gasteiger partial charge >= 0.3 is 11.9 Å². The lowest BCUT2D eigenvalue weighted by Crippen LogP contribution is -2.13. The van der Waals surface area contributed by atoms with Crippen LogP contribution in [0.2, 0.25) is 0 Å². The molecule has 0 unspecified atom stereocenters. The van der Waals surface area contributed by atoms with Crippen molar-refractivity contribution in [3.63, 3.8) is 0 Å². The molecule has 0 bridgehead atoms. The number of carbonyl (C=O) groups is 2. The van der Waals surface area contributed by atoms with Gasteiger partial charge in [-0.05, 0) is 18.4 Å². The van der Waals surface area contributed by atoms with Crippen molar-refractivity contribution >= 4 is 11.9 Å². The molecule has 1 aromatic rings. The largest absolute Gasteiger partial charge is 0.478 e. The number of hydrogen-bond acceptors (Lipinski definition) is 2. The summed E-state index contributed by atoms with van der Waals surface area (Å²) in [6, 6.07) is 8.95. The maximum atomic E-state index is 11.3. The molecule has 0 aliphatic heterocycles. The Morgan fingerprint density at radius 1 is 1.05 bits per heavy atom. The Morgan fingerprint density at radius 2 is 1.63 bits per heavy atom. The van der Waals surface area contributed by atoms with Crippen molar-refractivity contribution in [1.82, 2.24) is 0 Å². The Bertz CT molecular complexity index is 500. The number of carboxylic acid groups (broad SMARTS) is 2. The van der Waals surface area contributed by atoms with Crippen LogP contribution in [-0.4, -0.2) is 22.2 Å². The summed E-state index contributed by atoms with van der Waals surface area (Å²) in [4.78, 5) is 22.5. The van der Waals surface area contributed by atoms with Crippen LogP contribution in [0.1, 0.15) is 18.4 Å². The van der Waals surface area contributed by atoms with E-state index >= 15 is 0 Å². The van der Waals surface area contributed by atoms with Crippen molar-refractivity contribution in [1.29, 1.82) is 0 Å². The molecule has 1 aromatic carbocycles. The molecule has 0 amide bonds. The standard InChI is InChI=1S/C15H16O4/c1-2-3-9-12(14(16)17)13(15(18)19)10-11-7-5-4-6-8-11/h2,4-8H,1,3,9-10H2,(H,16,17)(H,18,19)/b13-12+. The molecule has 0 atom stereocenters. The van der Waals surface area contributed by atoms with Gasteiger partial charge in [-0.15, -0.1) is 6.58 Å². The number of hydrogen-bond donors (Lipinski definition) is 2. The Hall–Kier alpha value is -2.36. The highest BCUT2D eigenvalue weighted by Crippen LogP contribution is 2.17. The average Bonchev–Trinajstić information content (AvgIpc) is 2.38. The van der Waals surface area contributed by atoms with E-state index in [0.29, 0.717) is 6.42 Å². The zero-order valence-electron chi connectivity index (χ0n) is 10.5. The molecule has 0 aliphatic carbocycles. The van der Waals surface area contributed by atoms with Crippen LogP contribution in [0.3, 0.4) is 0 Å². The van der Waals surface area contributed by atoms with Gasteiger partial charge in [0.2, 0.25) is 0 Å². The van der Waals surface area contributed by atoms with Gasteiger partial charge in [0, 0.05) is 12.0 Å². The molecule has 0 saturated heterocycles. The van der Waals surface area contributed by atoms with Gasteiger partial charge in [0.05, 0.1) is 5.57 Å². The van der Waals surface area contributed by atoms with E-state index in [2.05, 4.69) is 6.58 Å². The average molecular weight is 260 g/mol. The summed E-state index contributed by atoms with van der Waals surface area (Å²) in [5, 5.41) is 18.3. The lowest BCUT2D eigenvalue weighted by molar-refractivity contribution is -0.136. The molecule has 0 radical (unpaired) electrons. The number of benzene rings is 1. The summed E-state index contributed by atoms with van der Waals surface area (Å²) in [5.74, 6) is -2.37. The van der Waals surface area contributed by atoms with Crippen LogP contribution < -0.4 is 0 Å². The number of rotatable bonds is 7. The maximum Gasteiger partial charge on any atom is 0.332 e. The fourth-order valence-corrected chi connectivity index (χ4v) is 1.74. The summed E-state index contributed by atoms with van der Waals surface area (Å²) >= 11 is 0. The first-order valence-corrected chi connectivity index (χ1v) is 5.89. The molecule has 2 N–H and O–H groups in total. The third kappa shape index (κ3) is 4.43. The van der Waals surface area contributed by atoms with Crippen LogP contribution >= 0.6 is 0 Å². The van der Waals surface area contributed by atoms with E-state index in [0.717, 1.165) is 5.56 Å². The smallest absolute Gasteiger partial charge is 0.332 e. The molecular weight excluding hydrogens is 244 g/mol. The van der Waals surface area contributed by atoms with Crippen molar-refractivity contribution in [2.24, 2.45) is 0 Å². The van der Waals surface area contributed by atoms with Crippen LogP contribution in [0.25, 0.3) is 0 Å². The van der Waals surface area contributed by atoms with Gasteiger partial charge in [0.25, 0.3) is 0 Å². The molecule has 0 fully saturated rings. The minimum absolute atomic E-state index is 0.0590. The molecule has 4 nitrogen and oxygen atoms in total. The molecule has 4 heteroatoms. The van der Waals surface area contributed by atoms with E-state index in [1.807, 2.05) is 6.07 Å². The lowest BCUT2D eigenvalue weighted by Gasteiger charge is -2.08. The SMILES string of the molecule is C=CCC/C(C(=O)O)=C(/Cc1ccccc1)C(=O)O. The van der Waals surface area contributed by atoms with Crippen molar-refractivity contribution in [2.45, 2.75) is 19.3 Å². The maximum absolute atomic E-state index is 11.3. The van der Waals surface area contributed by atoms with Crippen molar-refractivity contribution < 1.29 is 19.8 Å². The van der Waals surface area contributed by atoms with Gasteiger partial charge < -0.3 is 10.2 Å². The van der Waals surface area contributed by atoms with E-state index in [4.69, 9.17) is 5.11 Å². The van der Waals surface area contributed by atoms with Crippen LogP contribution in [0.4, 0.5) is 0 Å². The Morgan fingerprint density at radius 3 is 2.11 bits per heavy atom. The first-order valence-electron chi connectivity index (χ1n) is 5.89. The van der Waals surface area contributed by atoms with Crippen molar-refractivity contribution in [3.05, 3.63) is 59.7 Å². The van der Waals surface area contributed by atoms with Gasteiger partial charge in [0.15, 0.2) is 0 Å². The molecule has 0 aromatic heterocycles. The minimum Gasteiger partial charge on any atom is -0.478 e. The minimum atomic E-state index is -1.19. The molecule has 100 valence electrons. The lowest BCUT2D eigenvalue weighted by atomic mass is 9.97. The molecule has 1 rings (SSSR count). The first-order chi connectivity index (χ1) is 9.06. The second-order valence-electron chi connectivity index (χ2n) is 4.06. The molecule has 0 spiro atoms. The van der Waals surface area contributed by atoms with E-state index in [1.54, 1.807) is 30.3 Å². The summed E-state index contributed by atoms with van der Waals surface area (Å²) in [7, 11) is 0. The number of carboxylic acids is 2. The third-order valence-corrected chi connectivity index (χ3v) is 2.70. The predicted molar refractivity (Wildman–Crippen MR) is 71.9 cm³/mol. The quantitative estimate of drug-likeness (QED) is 0.584. The van der Waals surface area contributed by atoms with E-state index in [9.17, 15) is 14.7 Å². The predicted octanol–water partition coefficient (Wildman–Crippen LogP) is 2.66. The van der Waals surface area contributed by atoms with Crippen LogP contribution in [-0.2, 0) is 16.0 Å². The van der Waals surface area contributed by atoms with Crippen molar-refractivity contribution in [3.8, 4) is 0 Å². The zero-order valence-corrected chi connectivity index (χ0v) is 10.5. The highest BCUT2D eigenvalue weighted by Gasteiger charge is 2.19. The third-order valence-electron chi connectivity index (χ3n) is 2.70. The van der Waals surface area contributed by atoms with E-state index in [-0.39, 0.29) is 24.0 Å². The van der Waals surface area contributed by atoms with Gasteiger partial charge in [0.1, 0.15) is 0 Å². The Kier molecular flexibility index (Phi) is 5.54. The second-order valence-corrected chi connectivity index (χ2v) is 4.06. The molecule has 0 heterocycles. The Labute approximate surface area is 111 Å². The second kappa shape index (κ2) is 7.16. The summed E-state index contributed by atoms with van der Waals surface area (Å²) in [5.41, 5.74) is 0.647. The van der Waals surface area contributed by atoms with Gasteiger partial charge in [-0.25, -0.2) is 9.59 Å². The van der Waals surface area contributed by atoms with Crippen molar-refractivity contribution in [2.75, 3.05) is 0 Å². The van der Waals surface area contributed by atoms with Crippen LogP contribution in [0.5, 0.6) is 0 Å². The number of allylic oxidation sites excluding steroid dienone is 1. The highest BCUT2D eigenvalue weighted by molar-refractivity contribution is 5.99. The summed E-state index contributed by atoms with van der Waals surface area (Å²) < 4.78 is 0. The van der Waals surface area contributed by atoms with Gasteiger partial charge in [-0.1, -0.05) is 36.4 Å². The molecular formula is C15H16O4. The first kappa shape index (κ1) is 14.7. The summed E-state index contributed by atoms with van der Waals surface area (Å²) in [6.07, 6.45) is 2.29. The summed E-state index contributed by atoms with van der Waals surface area (Å²) in [6.45, 7) is 3.52. The molecule has 19 heavy (non-hydrogen) atoms. The van der Waals surface area contributed by atoms with Gasteiger partial charge in [-0.3, -0.25) is 0 Å². The van der Waals surface area contributed by atoms with E-state index < -0.39 is 11.9 Å². The molecule has 0 aliphatic rings. The van der Waals surface area contributed by atoms with Gasteiger partial charge in [-0.2, -0.15) is 0 Å². The number of aliphatic carboxylic acids is 2. The monoisotopic (exact) mass is 260 g/mol. The molecule has 0 saturated carbocycles. The van der Waals surface area contributed by atoms with E-state index in [1.165, 1.54) is 0 Å².